The van der Waals surface area contributed by atoms with Gasteiger partial charge in [-0.3, -0.25) is 9.59 Å². The second-order valence-electron chi connectivity index (χ2n) is 10.7. The molecule has 4 rings (SSSR count). The van der Waals surface area contributed by atoms with Crippen LogP contribution in [0.4, 0.5) is 10.1 Å². The minimum absolute atomic E-state index is 0.00648. The number of benzene rings is 2. The molecule has 0 aliphatic heterocycles. The third kappa shape index (κ3) is 6.77. The summed E-state index contributed by atoms with van der Waals surface area (Å²) in [6, 6.07) is 19.3. The Morgan fingerprint density at radius 1 is 1.03 bits per heavy atom. The van der Waals surface area contributed by atoms with Gasteiger partial charge in [0, 0.05) is 35.1 Å². The molecule has 1 amide bonds. The van der Waals surface area contributed by atoms with Crippen LogP contribution in [-0.4, -0.2) is 40.9 Å². The molecule has 1 atom stereocenters. The maximum absolute atomic E-state index is 14.2. The molecule has 2 N–H and O–H groups in total. The first kappa shape index (κ1) is 28.6. The molecule has 3 aromatic rings. The summed E-state index contributed by atoms with van der Waals surface area (Å²) in [6.45, 7) is 4.55. The standard InChI is InChI=1S/C32H39FN2O4/c1-21(2)30-29(32(38)34-25-12-8-5-9-13-25)28(22-10-6-4-7-11-22)31(23-14-16-24(33)17-15-23)35(30)19-18-26(36)20-27(37)39-3/h4-13,21,23-24,26,36H,14-20H2,1-3H3,(H,34,38). The van der Waals surface area contributed by atoms with Gasteiger partial charge in [0.15, 0.2) is 0 Å². The summed E-state index contributed by atoms with van der Waals surface area (Å²) in [6.07, 6.45) is 0.885. The van der Waals surface area contributed by atoms with E-state index in [0.717, 1.165) is 22.5 Å². The Balaban J connectivity index is 1.88. The molecular formula is C32H39FN2O4. The van der Waals surface area contributed by atoms with Crippen molar-refractivity contribution in [3.05, 3.63) is 77.6 Å². The molecule has 1 aromatic heterocycles. The zero-order chi connectivity index (χ0) is 27.9. The molecular weight excluding hydrogens is 495 g/mol. The number of anilines is 1. The third-order valence-corrected chi connectivity index (χ3v) is 7.57. The molecule has 208 valence electrons. The summed E-state index contributed by atoms with van der Waals surface area (Å²) in [4.78, 5) is 25.8. The van der Waals surface area contributed by atoms with Gasteiger partial charge >= 0.3 is 5.97 Å². The van der Waals surface area contributed by atoms with E-state index in [2.05, 4.69) is 23.7 Å². The minimum atomic E-state index is -0.879. The highest BCUT2D eigenvalue weighted by Gasteiger charge is 2.35. The van der Waals surface area contributed by atoms with E-state index in [1.165, 1.54) is 7.11 Å². The van der Waals surface area contributed by atoms with Crippen LogP contribution in [0.1, 0.15) is 86.0 Å². The molecule has 1 aliphatic rings. The van der Waals surface area contributed by atoms with E-state index >= 15 is 0 Å². The van der Waals surface area contributed by atoms with Crippen molar-refractivity contribution >= 4 is 17.6 Å². The van der Waals surface area contributed by atoms with Gasteiger partial charge < -0.3 is 19.7 Å². The maximum Gasteiger partial charge on any atom is 0.308 e. The number of para-hydroxylation sites is 1. The van der Waals surface area contributed by atoms with Gasteiger partial charge in [0.2, 0.25) is 0 Å². The van der Waals surface area contributed by atoms with Crippen LogP contribution in [0, 0.1) is 0 Å². The van der Waals surface area contributed by atoms with Crippen molar-refractivity contribution in [3.8, 4) is 11.1 Å². The molecule has 1 heterocycles. The Bertz CT molecular complexity index is 1250. The highest BCUT2D eigenvalue weighted by atomic mass is 19.1. The molecule has 0 saturated heterocycles. The van der Waals surface area contributed by atoms with E-state index in [1.54, 1.807) is 0 Å². The van der Waals surface area contributed by atoms with Crippen molar-refractivity contribution in [2.24, 2.45) is 0 Å². The van der Waals surface area contributed by atoms with E-state index in [9.17, 15) is 19.1 Å². The number of nitrogens with zero attached hydrogens (tertiary/aromatic N) is 1. The number of halogens is 1. The number of amides is 1. The molecule has 39 heavy (non-hydrogen) atoms. The van der Waals surface area contributed by atoms with Crippen LogP contribution in [-0.2, 0) is 16.1 Å². The monoisotopic (exact) mass is 534 g/mol. The summed E-state index contributed by atoms with van der Waals surface area (Å²) in [5, 5.41) is 13.7. The highest BCUT2D eigenvalue weighted by molar-refractivity contribution is 6.10. The number of nitrogens with one attached hydrogen (secondary N) is 1. The summed E-state index contributed by atoms with van der Waals surface area (Å²) in [7, 11) is 1.31. The van der Waals surface area contributed by atoms with Gasteiger partial charge in [0.25, 0.3) is 5.91 Å². The van der Waals surface area contributed by atoms with Crippen molar-refractivity contribution in [2.45, 2.75) is 83.0 Å². The fraction of sp³-hybridized carbons (Fsp3) is 0.438. The van der Waals surface area contributed by atoms with Gasteiger partial charge in [0.1, 0.15) is 6.17 Å². The number of ether oxygens (including phenoxy) is 1. The number of carbonyl (C=O) groups excluding carboxylic acids is 2. The quantitative estimate of drug-likeness (QED) is 0.279. The number of carbonyl (C=O) groups is 2. The van der Waals surface area contributed by atoms with E-state index in [4.69, 9.17) is 4.74 Å². The minimum Gasteiger partial charge on any atom is -0.469 e. The van der Waals surface area contributed by atoms with Crippen molar-refractivity contribution < 1.29 is 23.8 Å². The number of aliphatic hydroxyl groups excluding tert-OH is 1. The Kier molecular flexibility index (Phi) is 9.57. The predicted molar refractivity (Wildman–Crippen MR) is 152 cm³/mol. The Labute approximate surface area is 230 Å². The van der Waals surface area contributed by atoms with Crippen molar-refractivity contribution in [1.29, 1.82) is 0 Å². The third-order valence-electron chi connectivity index (χ3n) is 7.57. The van der Waals surface area contributed by atoms with Gasteiger partial charge in [-0.2, -0.15) is 0 Å². The second-order valence-corrected chi connectivity index (χ2v) is 10.7. The first-order valence-electron chi connectivity index (χ1n) is 13.9. The average Bonchev–Trinajstić information content (AvgIpc) is 3.29. The van der Waals surface area contributed by atoms with E-state index in [-0.39, 0.29) is 24.2 Å². The van der Waals surface area contributed by atoms with Gasteiger partial charge in [0.05, 0.1) is 25.2 Å². The van der Waals surface area contributed by atoms with E-state index in [0.29, 0.717) is 49.9 Å². The Morgan fingerprint density at radius 3 is 2.23 bits per heavy atom. The van der Waals surface area contributed by atoms with Gasteiger partial charge in [-0.1, -0.05) is 62.4 Å². The van der Waals surface area contributed by atoms with Crippen LogP contribution >= 0.6 is 0 Å². The first-order valence-corrected chi connectivity index (χ1v) is 13.9. The molecule has 1 fully saturated rings. The molecule has 7 heteroatoms. The second kappa shape index (κ2) is 13.1. The fourth-order valence-electron chi connectivity index (χ4n) is 5.75. The van der Waals surface area contributed by atoms with Crippen molar-refractivity contribution in [1.82, 2.24) is 4.57 Å². The number of hydrogen-bond donors (Lipinski definition) is 2. The first-order chi connectivity index (χ1) is 18.8. The van der Waals surface area contributed by atoms with Gasteiger partial charge in [-0.05, 0) is 55.7 Å². The molecule has 1 aliphatic carbocycles. The van der Waals surface area contributed by atoms with E-state index < -0.39 is 18.2 Å². The predicted octanol–water partition coefficient (Wildman–Crippen LogP) is 6.84. The average molecular weight is 535 g/mol. The number of aromatic nitrogens is 1. The normalized spacial score (nSPS) is 18.1. The highest BCUT2D eigenvalue weighted by Crippen LogP contribution is 2.45. The molecule has 0 bridgehead atoms. The lowest BCUT2D eigenvalue weighted by Crippen LogP contribution is -2.22. The van der Waals surface area contributed by atoms with E-state index in [1.807, 2.05) is 60.7 Å². The van der Waals surface area contributed by atoms with Crippen LogP contribution in [0.15, 0.2) is 60.7 Å². The number of esters is 1. The summed E-state index contributed by atoms with van der Waals surface area (Å²) < 4.78 is 21.2. The number of methoxy groups -OCH3 is 1. The zero-order valence-corrected chi connectivity index (χ0v) is 23.0. The summed E-state index contributed by atoms with van der Waals surface area (Å²) >= 11 is 0. The lowest BCUT2D eigenvalue weighted by atomic mass is 9.82. The van der Waals surface area contributed by atoms with Crippen LogP contribution in [0.3, 0.4) is 0 Å². The molecule has 0 spiro atoms. The number of alkyl halides is 1. The largest absolute Gasteiger partial charge is 0.469 e. The zero-order valence-electron chi connectivity index (χ0n) is 23.0. The van der Waals surface area contributed by atoms with Crippen LogP contribution in [0.5, 0.6) is 0 Å². The molecule has 1 saturated carbocycles. The number of aliphatic hydroxyl groups is 1. The van der Waals surface area contributed by atoms with Crippen molar-refractivity contribution in [2.75, 3.05) is 12.4 Å². The molecule has 1 unspecified atom stereocenters. The van der Waals surface area contributed by atoms with Crippen LogP contribution in [0.2, 0.25) is 0 Å². The smallest absolute Gasteiger partial charge is 0.308 e. The molecule has 2 aromatic carbocycles. The number of hydrogen-bond acceptors (Lipinski definition) is 4. The SMILES string of the molecule is COC(=O)CC(O)CCn1c(C(C)C)c(C(=O)Nc2ccccc2)c(-c2ccccc2)c1C1CCC(F)CC1. The Morgan fingerprint density at radius 2 is 1.64 bits per heavy atom. The lowest BCUT2D eigenvalue weighted by Gasteiger charge is -2.28. The topological polar surface area (TPSA) is 80.6 Å². The maximum atomic E-state index is 14.2. The van der Waals surface area contributed by atoms with Crippen molar-refractivity contribution in [3.63, 3.8) is 0 Å². The summed E-state index contributed by atoms with van der Waals surface area (Å²) in [5.41, 5.74) is 5.02. The fourth-order valence-corrected chi connectivity index (χ4v) is 5.75. The Hall–Kier alpha value is -3.45. The lowest BCUT2D eigenvalue weighted by molar-refractivity contribution is -0.142. The molecule has 0 radical (unpaired) electrons. The van der Waals surface area contributed by atoms with Gasteiger partial charge in [-0.15, -0.1) is 0 Å². The molecule has 6 nitrogen and oxygen atoms in total. The van der Waals surface area contributed by atoms with Crippen LogP contribution < -0.4 is 5.32 Å². The number of rotatable bonds is 10. The van der Waals surface area contributed by atoms with Crippen LogP contribution in [0.25, 0.3) is 11.1 Å². The summed E-state index contributed by atoms with van der Waals surface area (Å²) in [5.74, 6) is -0.597. The van der Waals surface area contributed by atoms with Gasteiger partial charge in [-0.25, -0.2) is 4.39 Å².